The number of hydrogen-bond acceptors (Lipinski definition) is 3. The minimum Gasteiger partial charge on any atom is -0.147 e. The maximum Gasteiger partial charge on any atom is 0.140 e. The van der Waals surface area contributed by atoms with Crippen LogP contribution in [0.4, 0.5) is 0 Å². The molecule has 0 aliphatic carbocycles. The number of hydrogen-bond donors (Lipinski definition) is 0. The smallest absolute Gasteiger partial charge is 0.140 e. The van der Waals surface area contributed by atoms with Gasteiger partial charge in [0, 0.05) is 0 Å². The standard InChI is InChI=1S/C11H10N2S/c1-9(7-11-13-12-8-14-11)10-5-3-2-4-6-10/h2-8H,1H3. The molecule has 0 atom stereocenters. The van der Waals surface area contributed by atoms with Crippen LogP contribution in [0.1, 0.15) is 17.5 Å². The normalized spacial score (nSPS) is 11.6. The maximum absolute atomic E-state index is 3.97. The van der Waals surface area contributed by atoms with Gasteiger partial charge in [-0.05, 0) is 24.1 Å². The fraction of sp³-hybridized carbons (Fsp3) is 0.0909. The molecule has 70 valence electrons. The van der Waals surface area contributed by atoms with E-state index in [0.717, 1.165) is 5.01 Å². The Morgan fingerprint density at radius 3 is 2.71 bits per heavy atom. The third-order valence-electron chi connectivity index (χ3n) is 1.95. The Morgan fingerprint density at radius 1 is 1.29 bits per heavy atom. The molecule has 0 spiro atoms. The molecule has 0 saturated heterocycles. The van der Waals surface area contributed by atoms with Crippen LogP contribution in [0.3, 0.4) is 0 Å². The van der Waals surface area contributed by atoms with Crippen molar-refractivity contribution in [1.82, 2.24) is 10.2 Å². The number of benzene rings is 1. The van der Waals surface area contributed by atoms with Gasteiger partial charge in [-0.25, -0.2) is 0 Å². The number of rotatable bonds is 2. The van der Waals surface area contributed by atoms with E-state index in [9.17, 15) is 0 Å². The van der Waals surface area contributed by atoms with E-state index in [1.807, 2.05) is 24.3 Å². The number of nitrogens with zero attached hydrogens (tertiary/aromatic N) is 2. The summed E-state index contributed by atoms with van der Waals surface area (Å²) < 4.78 is 0. The summed E-state index contributed by atoms with van der Waals surface area (Å²) >= 11 is 1.55. The predicted molar refractivity (Wildman–Crippen MR) is 59.9 cm³/mol. The number of aromatic nitrogens is 2. The summed E-state index contributed by atoms with van der Waals surface area (Å²) in [5, 5.41) is 8.72. The van der Waals surface area contributed by atoms with Crippen molar-refractivity contribution in [3.63, 3.8) is 0 Å². The van der Waals surface area contributed by atoms with Gasteiger partial charge >= 0.3 is 0 Å². The molecule has 1 heterocycles. The van der Waals surface area contributed by atoms with Crippen molar-refractivity contribution in [2.75, 3.05) is 0 Å². The van der Waals surface area contributed by atoms with Gasteiger partial charge in [-0.15, -0.1) is 21.5 Å². The molecule has 0 aliphatic rings. The third kappa shape index (κ3) is 2.06. The summed E-state index contributed by atoms with van der Waals surface area (Å²) in [5.74, 6) is 0. The SMILES string of the molecule is CC(=Cc1nncs1)c1ccccc1. The van der Waals surface area contributed by atoms with Gasteiger partial charge in [-0.1, -0.05) is 30.3 Å². The first-order valence-electron chi connectivity index (χ1n) is 4.36. The molecule has 14 heavy (non-hydrogen) atoms. The minimum atomic E-state index is 0.950. The van der Waals surface area contributed by atoms with Crippen LogP contribution in [0.5, 0.6) is 0 Å². The second-order valence-corrected chi connectivity index (χ2v) is 3.84. The average Bonchev–Trinajstić information content (AvgIpc) is 2.72. The van der Waals surface area contributed by atoms with Crippen LogP contribution in [0.2, 0.25) is 0 Å². The van der Waals surface area contributed by atoms with Gasteiger partial charge in [0.15, 0.2) is 0 Å². The zero-order valence-corrected chi connectivity index (χ0v) is 8.66. The lowest BCUT2D eigenvalue weighted by molar-refractivity contribution is 1.08. The summed E-state index contributed by atoms with van der Waals surface area (Å²) in [4.78, 5) is 0. The van der Waals surface area contributed by atoms with Crippen LogP contribution >= 0.6 is 11.3 Å². The average molecular weight is 202 g/mol. The Bertz CT molecular complexity index is 418. The van der Waals surface area contributed by atoms with Crippen LogP contribution in [0, 0.1) is 0 Å². The summed E-state index contributed by atoms with van der Waals surface area (Å²) in [5.41, 5.74) is 4.18. The first-order chi connectivity index (χ1) is 6.86. The molecular weight excluding hydrogens is 192 g/mol. The molecule has 0 fully saturated rings. The predicted octanol–water partition coefficient (Wildman–Crippen LogP) is 3.10. The van der Waals surface area contributed by atoms with E-state index < -0.39 is 0 Å². The molecule has 0 radical (unpaired) electrons. The van der Waals surface area contributed by atoms with Crippen LogP contribution in [0.25, 0.3) is 11.6 Å². The Hall–Kier alpha value is -1.48. The van der Waals surface area contributed by atoms with Gasteiger partial charge in [-0.3, -0.25) is 0 Å². The molecule has 0 aliphatic heterocycles. The third-order valence-corrected chi connectivity index (χ3v) is 2.59. The van der Waals surface area contributed by atoms with E-state index >= 15 is 0 Å². The fourth-order valence-electron chi connectivity index (χ4n) is 1.21. The van der Waals surface area contributed by atoms with Crippen molar-refractivity contribution in [2.45, 2.75) is 6.92 Å². The highest BCUT2D eigenvalue weighted by Gasteiger charge is 1.96. The molecule has 1 aromatic heterocycles. The van der Waals surface area contributed by atoms with Crippen molar-refractivity contribution in [2.24, 2.45) is 0 Å². The first kappa shape index (κ1) is 9.09. The molecule has 0 unspecified atom stereocenters. The van der Waals surface area contributed by atoms with Gasteiger partial charge in [0.25, 0.3) is 0 Å². The maximum atomic E-state index is 3.97. The topological polar surface area (TPSA) is 25.8 Å². The first-order valence-corrected chi connectivity index (χ1v) is 5.24. The van der Waals surface area contributed by atoms with Crippen molar-refractivity contribution in [3.05, 3.63) is 46.4 Å². The van der Waals surface area contributed by atoms with E-state index in [4.69, 9.17) is 0 Å². The van der Waals surface area contributed by atoms with E-state index in [2.05, 4.69) is 29.3 Å². The second kappa shape index (κ2) is 4.15. The fourth-order valence-corrected chi connectivity index (χ4v) is 1.76. The highest BCUT2D eigenvalue weighted by Crippen LogP contribution is 2.17. The zero-order valence-electron chi connectivity index (χ0n) is 7.84. The van der Waals surface area contributed by atoms with Gasteiger partial charge in [0.2, 0.25) is 0 Å². The van der Waals surface area contributed by atoms with Gasteiger partial charge in [-0.2, -0.15) is 0 Å². The summed E-state index contributed by atoms with van der Waals surface area (Å²) in [7, 11) is 0. The highest BCUT2D eigenvalue weighted by atomic mass is 32.1. The van der Waals surface area contributed by atoms with Gasteiger partial charge in [0.05, 0.1) is 0 Å². The van der Waals surface area contributed by atoms with Crippen LogP contribution in [0.15, 0.2) is 35.8 Å². The van der Waals surface area contributed by atoms with Crippen LogP contribution < -0.4 is 0 Å². The largest absolute Gasteiger partial charge is 0.147 e. The Kier molecular flexibility index (Phi) is 2.70. The zero-order chi connectivity index (χ0) is 9.80. The minimum absolute atomic E-state index is 0.950. The highest BCUT2D eigenvalue weighted by molar-refractivity contribution is 7.10. The lowest BCUT2D eigenvalue weighted by Crippen LogP contribution is -1.78. The van der Waals surface area contributed by atoms with E-state index in [-0.39, 0.29) is 0 Å². The molecule has 0 saturated carbocycles. The molecule has 3 heteroatoms. The second-order valence-electron chi connectivity index (χ2n) is 2.97. The molecule has 2 aromatic rings. The Balaban J connectivity index is 2.29. The lowest BCUT2D eigenvalue weighted by Gasteiger charge is -1.98. The molecule has 2 nitrogen and oxygen atoms in total. The molecule has 0 bridgehead atoms. The lowest BCUT2D eigenvalue weighted by atomic mass is 10.1. The van der Waals surface area contributed by atoms with Gasteiger partial charge < -0.3 is 0 Å². The molecule has 2 rings (SSSR count). The summed E-state index contributed by atoms with van der Waals surface area (Å²) in [6.07, 6.45) is 2.05. The van der Waals surface area contributed by atoms with Crippen LogP contribution in [-0.4, -0.2) is 10.2 Å². The van der Waals surface area contributed by atoms with E-state index in [1.165, 1.54) is 11.1 Å². The molecule has 0 N–H and O–H groups in total. The molecule has 1 aromatic carbocycles. The van der Waals surface area contributed by atoms with Crippen molar-refractivity contribution >= 4 is 23.0 Å². The monoisotopic (exact) mass is 202 g/mol. The van der Waals surface area contributed by atoms with Crippen molar-refractivity contribution in [1.29, 1.82) is 0 Å². The van der Waals surface area contributed by atoms with Gasteiger partial charge in [0.1, 0.15) is 10.5 Å². The Labute approximate surface area is 86.9 Å². The summed E-state index contributed by atoms with van der Waals surface area (Å²) in [6, 6.07) is 10.3. The van der Waals surface area contributed by atoms with Crippen molar-refractivity contribution < 1.29 is 0 Å². The van der Waals surface area contributed by atoms with E-state index in [0.29, 0.717) is 0 Å². The molecular formula is C11H10N2S. The van der Waals surface area contributed by atoms with E-state index in [1.54, 1.807) is 16.8 Å². The van der Waals surface area contributed by atoms with Crippen molar-refractivity contribution in [3.8, 4) is 0 Å². The molecule has 0 amide bonds. The number of allylic oxidation sites excluding steroid dienone is 1. The quantitative estimate of drug-likeness (QED) is 0.747. The van der Waals surface area contributed by atoms with Crippen LogP contribution in [-0.2, 0) is 0 Å². The summed E-state index contributed by atoms with van der Waals surface area (Å²) in [6.45, 7) is 2.08. The Morgan fingerprint density at radius 2 is 2.07 bits per heavy atom.